The van der Waals surface area contributed by atoms with Crippen molar-refractivity contribution in [3.8, 4) is 11.5 Å². The Bertz CT molecular complexity index is 905. The first-order valence-corrected chi connectivity index (χ1v) is 9.94. The van der Waals surface area contributed by atoms with Crippen LogP contribution in [-0.4, -0.2) is 5.48 Å². The molecular weight excluding hydrogens is 351 g/mol. The molecule has 2 nitrogen and oxygen atoms in total. The molecule has 2 aromatic rings. The number of hydrogen-bond donors (Lipinski definition) is 0. The summed E-state index contributed by atoms with van der Waals surface area (Å²) in [4.78, 5) is 0. The monoisotopic (exact) mass is 378 g/mol. The average molecular weight is 378 g/mol. The molecule has 0 unspecified atom stereocenters. The molecule has 3 rings (SSSR count). The molecule has 1 aliphatic rings. The van der Waals surface area contributed by atoms with Gasteiger partial charge in [-0.3, -0.25) is 0 Å². The summed E-state index contributed by atoms with van der Waals surface area (Å²) >= 11 is 0. The Morgan fingerprint density at radius 1 is 1.19 bits per heavy atom. The standard InChI is InChI=1S/C24H27O2P/c1-6-18-7-9-19(10-8-18)21-14-25-22-13-20(26-23(27)11-15(2)3)12-16(4)24(22)17(21)5/h7-10,12-15,27H,5-6,11H2,1-4H3. The number of aryl methyl sites for hydroxylation is 2. The molecule has 1 heterocycles. The molecule has 0 N–H and O–H groups in total. The molecule has 1 aliphatic heterocycles. The lowest BCUT2D eigenvalue weighted by molar-refractivity contribution is 0.469. The minimum atomic E-state index is 0.525. The number of ether oxygens (including phenoxy) is 2. The van der Waals surface area contributed by atoms with E-state index in [1.54, 1.807) is 6.26 Å². The van der Waals surface area contributed by atoms with Crippen molar-refractivity contribution in [3.05, 3.63) is 71.5 Å². The van der Waals surface area contributed by atoms with Gasteiger partial charge < -0.3 is 9.47 Å². The molecule has 0 aromatic heterocycles. The lowest BCUT2D eigenvalue weighted by atomic mass is 9.89. The molecule has 2 aromatic carbocycles. The van der Waals surface area contributed by atoms with Crippen LogP contribution in [0.4, 0.5) is 0 Å². The highest BCUT2D eigenvalue weighted by Gasteiger charge is 2.22. The molecular formula is C24H27O2P. The van der Waals surface area contributed by atoms with Gasteiger partial charge in [0.1, 0.15) is 17.0 Å². The quantitative estimate of drug-likeness (QED) is 0.521. The summed E-state index contributed by atoms with van der Waals surface area (Å²) in [5, 5.41) is 0. The Kier molecular flexibility index (Phi) is 5.87. The van der Waals surface area contributed by atoms with Gasteiger partial charge in [-0.05, 0) is 47.6 Å². The largest absolute Gasteiger partial charge is 0.464 e. The van der Waals surface area contributed by atoms with Gasteiger partial charge in [0, 0.05) is 23.6 Å². The topological polar surface area (TPSA) is 18.5 Å². The van der Waals surface area contributed by atoms with Crippen molar-refractivity contribution < 1.29 is 9.47 Å². The minimum Gasteiger partial charge on any atom is -0.464 e. The predicted molar refractivity (Wildman–Crippen MR) is 118 cm³/mol. The molecule has 0 saturated heterocycles. The van der Waals surface area contributed by atoms with Gasteiger partial charge in [-0.2, -0.15) is 0 Å². The van der Waals surface area contributed by atoms with Crippen LogP contribution in [0.5, 0.6) is 11.5 Å². The second-order valence-electron chi connectivity index (χ2n) is 7.41. The molecule has 3 heteroatoms. The van der Waals surface area contributed by atoms with Gasteiger partial charge >= 0.3 is 0 Å². The highest BCUT2D eigenvalue weighted by molar-refractivity contribution is 7.20. The van der Waals surface area contributed by atoms with Crippen molar-refractivity contribution in [1.82, 2.24) is 0 Å². The summed E-state index contributed by atoms with van der Waals surface area (Å²) in [5.41, 5.74) is 7.40. The summed E-state index contributed by atoms with van der Waals surface area (Å²) in [5.74, 6) is 2.08. The lowest BCUT2D eigenvalue weighted by Gasteiger charge is -2.23. The first-order chi connectivity index (χ1) is 12.9. The van der Waals surface area contributed by atoms with Crippen LogP contribution in [0.25, 0.3) is 11.1 Å². The fourth-order valence-corrected chi connectivity index (χ4v) is 3.83. The molecule has 0 spiro atoms. The lowest BCUT2D eigenvalue weighted by Crippen LogP contribution is -2.09. The van der Waals surface area contributed by atoms with Crippen LogP contribution >= 0.6 is 8.86 Å². The number of hydrogen-bond acceptors (Lipinski definition) is 2. The van der Waals surface area contributed by atoms with Gasteiger partial charge in [-0.15, -0.1) is 0 Å². The van der Waals surface area contributed by atoms with Crippen LogP contribution in [0.2, 0.25) is 0 Å². The van der Waals surface area contributed by atoms with E-state index in [9.17, 15) is 0 Å². The van der Waals surface area contributed by atoms with Crippen molar-refractivity contribution in [2.24, 2.45) is 5.92 Å². The van der Waals surface area contributed by atoms with E-state index < -0.39 is 0 Å². The normalized spacial score (nSPS) is 13.1. The van der Waals surface area contributed by atoms with Crippen LogP contribution in [-0.2, 0) is 6.42 Å². The van der Waals surface area contributed by atoms with Crippen LogP contribution in [0, 0.1) is 12.8 Å². The molecule has 140 valence electrons. The van der Waals surface area contributed by atoms with Crippen molar-refractivity contribution >= 4 is 25.5 Å². The molecule has 27 heavy (non-hydrogen) atoms. The first-order valence-electron chi connectivity index (χ1n) is 9.44. The average Bonchev–Trinajstić information content (AvgIpc) is 2.61. The highest BCUT2D eigenvalue weighted by Crippen LogP contribution is 2.43. The summed E-state index contributed by atoms with van der Waals surface area (Å²) in [6.45, 7) is 12.9. The first kappa shape index (κ1) is 19.5. The second kappa shape index (κ2) is 8.15. The molecule has 0 aliphatic carbocycles. The van der Waals surface area contributed by atoms with Crippen LogP contribution in [0.3, 0.4) is 0 Å². The highest BCUT2D eigenvalue weighted by atomic mass is 31.0. The Morgan fingerprint density at radius 3 is 2.52 bits per heavy atom. The van der Waals surface area contributed by atoms with Crippen LogP contribution < -0.4 is 9.47 Å². The predicted octanol–water partition coefficient (Wildman–Crippen LogP) is 6.70. The van der Waals surface area contributed by atoms with E-state index in [1.807, 2.05) is 12.1 Å². The van der Waals surface area contributed by atoms with E-state index in [0.29, 0.717) is 5.92 Å². The number of fused-ring (bicyclic) bond motifs is 1. The number of rotatable bonds is 6. The van der Waals surface area contributed by atoms with Gasteiger partial charge in [0.15, 0.2) is 0 Å². The van der Waals surface area contributed by atoms with Crippen molar-refractivity contribution in [2.75, 3.05) is 0 Å². The molecule has 0 bridgehead atoms. The third-order valence-electron chi connectivity index (χ3n) is 4.71. The summed E-state index contributed by atoms with van der Waals surface area (Å²) < 4.78 is 11.9. The molecule has 0 radical (unpaired) electrons. The Morgan fingerprint density at radius 2 is 1.89 bits per heavy atom. The van der Waals surface area contributed by atoms with Crippen LogP contribution in [0.15, 0.2) is 49.2 Å². The maximum atomic E-state index is 5.97. The molecule has 0 amide bonds. The maximum absolute atomic E-state index is 5.97. The third kappa shape index (κ3) is 4.34. The van der Waals surface area contributed by atoms with E-state index in [-0.39, 0.29) is 0 Å². The number of benzene rings is 2. The zero-order valence-corrected chi connectivity index (χ0v) is 17.6. The second-order valence-corrected chi connectivity index (χ2v) is 7.97. The Balaban J connectivity index is 1.87. The summed E-state index contributed by atoms with van der Waals surface area (Å²) in [7, 11) is 3.58. The van der Waals surface area contributed by atoms with Gasteiger partial charge in [0.2, 0.25) is 0 Å². The van der Waals surface area contributed by atoms with Gasteiger partial charge in [-0.25, -0.2) is 0 Å². The van der Waals surface area contributed by atoms with E-state index in [0.717, 1.165) is 57.7 Å². The minimum absolute atomic E-state index is 0.525. The third-order valence-corrected chi connectivity index (χ3v) is 5.02. The zero-order valence-electron chi connectivity index (χ0n) is 16.6. The Hall–Kier alpha value is -2.31. The zero-order chi connectivity index (χ0) is 19.6. The molecule has 0 atom stereocenters. The van der Waals surface area contributed by atoms with Crippen molar-refractivity contribution in [3.63, 3.8) is 0 Å². The van der Waals surface area contributed by atoms with Crippen molar-refractivity contribution in [1.29, 1.82) is 0 Å². The van der Waals surface area contributed by atoms with E-state index in [2.05, 4.69) is 67.4 Å². The smallest absolute Gasteiger partial charge is 0.138 e. The summed E-state index contributed by atoms with van der Waals surface area (Å²) in [6, 6.07) is 12.6. The van der Waals surface area contributed by atoms with E-state index in [4.69, 9.17) is 9.47 Å². The van der Waals surface area contributed by atoms with Crippen molar-refractivity contribution in [2.45, 2.75) is 40.5 Å². The maximum Gasteiger partial charge on any atom is 0.138 e. The van der Waals surface area contributed by atoms with E-state index >= 15 is 0 Å². The fraction of sp³-hybridized carbons (Fsp3) is 0.292. The number of allylic oxidation sites excluding steroid dienone is 2. The van der Waals surface area contributed by atoms with Crippen LogP contribution in [0.1, 0.15) is 49.4 Å². The summed E-state index contributed by atoms with van der Waals surface area (Å²) in [6.07, 6.45) is 3.68. The SMILES string of the molecule is C=C1C(c2ccc(CC)cc2)=COc2cc(OC(=P)CC(C)C)cc(C)c21. The molecule has 0 fully saturated rings. The van der Waals surface area contributed by atoms with Gasteiger partial charge in [-0.1, -0.05) is 60.5 Å². The fourth-order valence-electron chi connectivity index (χ4n) is 3.31. The van der Waals surface area contributed by atoms with E-state index in [1.165, 1.54) is 5.56 Å². The Labute approximate surface area is 164 Å². The van der Waals surface area contributed by atoms with Gasteiger partial charge in [0.05, 0.1) is 6.26 Å². The van der Waals surface area contributed by atoms with Gasteiger partial charge in [0.25, 0.3) is 0 Å². The molecule has 0 saturated carbocycles.